The van der Waals surface area contributed by atoms with Gasteiger partial charge in [0.1, 0.15) is 5.82 Å². The lowest BCUT2D eigenvalue weighted by Gasteiger charge is -2.15. The highest BCUT2D eigenvalue weighted by Crippen LogP contribution is 2.17. The number of hydrogen-bond acceptors (Lipinski definition) is 3. The Kier molecular flexibility index (Phi) is 4.11. The molecule has 96 valence electrons. The van der Waals surface area contributed by atoms with Gasteiger partial charge < -0.3 is 5.11 Å². The van der Waals surface area contributed by atoms with Crippen molar-refractivity contribution in [3.8, 4) is 6.19 Å². The standard InChI is InChI=1S/C15H13FN2O/c16-14-5-7-15(8-6-14)18(11-17)9-12-1-3-13(10-19)4-2-12/h1-8,19H,9-10H2. The van der Waals surface area contributed by atoms with E-state index in [1.54, 1.807) is 12.1 Å². The van der Waals surface area contributed by atoms with E-state index in [0.29, 0.717) is 12.2 Å². The summed E-state index contributed by atoms with van der Waals surface area (Å²) in [6, 6.07) is 13.1. The molecule has 0 unspecified atom stereocenters. The molecule has 0 spiro atoms. The maximum Gasteiger partial charge on any atom is 0.184 e. The minimum atomic E-state index is -0.325. The van der Waals surface area contributed by atoms with Crippen LogP contribution in [0.15, 0.2) is 48.5 Å². The molecule has 0 aliphatic rings. The number of aliphatic hydroxyl groups is 1. The Balaban J connectivity index is 2.14. The molecule has 19 heavy (non-hydrogen) atoms. The highest BCUT2D eigenvalue weighted by Gasteiger charge is 2.06. The highest BCUT2D eigenvalue weighted by molar-refractivity contribution is 5.50. The Morgan fingerprint density at radius 2 is 1.58 bits per heavy atom. The van der Waals surface area contributed by atoms with E-state index in [-0.39, 0.29) is 12.4 Å². The zero-order valence-corrected chi connectivity index (χ0v) is 10.3. The number of rotatable bonds is 4. The van der Waals surface area contributed by atoms with Gasteiger partial charge >= 0.3 is 0 Å². The molecule has 0 saturated carbocycles. The molecular formula is C15H13FN2O. The van der Waals surface area contributed by atoms with Crippen LogP contribution in [0.2, 0.25) is 0 Å². The fourth-order valence-corrected chi connectivity index (χ4v) is 1.74. The lowest BCUT2D eigenvalue weighted by Crippen LogP contribution is -2.15. The van der Waals surface area contributed by atoms with Crippen LogP contribution in [0.3, 0.4) is 0 Å². The topological polar surface area (TPSA) is 47.3 Å². The summed E-state index contributed by atoms with van der Waals surface area (Å²) in [6.07, 6.45) is 2.08. The Morgan fingerprint density at radius 1 is 1.00 bits per heavy atom. The number of benzene rings is 2. The van der Waals surface area contributed by atoms with E-state index in [0.717, 1.165) is 11.1 Å². The first-order valence-corrected chi connectivity index (χ1v) is 5.84. The van der Waals surface area contributed by atoms with E-state index in [2.05, 4.69) is 6.19 Å². The molecule has 0 saturated heterocycles. The van der Waals surface area contributed by atoms with Crippen LogP contribution in [0.1, 0.15) is 11.1 Å². The van der Waals surface area contributed by atoms with Crippen molar-refractivity contribution >= 4 is 5.69 Å². The van der Waals surface area contributed by atoms with Crippen LogP contribution >= 0.6 is 0 Å². The third-order valence-electron chi connectivity index (χ3n) is 2.81. The van der Waals surface area contributed by atoms with Gasteiger partial charge in [-0.05, 0) is 35.4 Å². The number of nitriles is 1. The molecule has 0 radical (unpaired) electrons. The first kappa shape index (κ1) is 13.1. The summed E-state index contributed by atoms with van der Waals surface area (Å²) < 4.78 is 12.8. The van der Waals surface area contributed by atoms with Crippen molar-refractivity contribution in [3.63, 3.8) is 0 Å². The van der Waals surface area contributed by atoms with Crippen LogP contribution in [0, 0.1) is 17.3 Å². The second kappa shape index (κ2) is 5.98. The molecule has 2 aromatic rings. The summed E-state index contributed by atoms with van der Waals surface area (Å²) in [6.45, 7) is 0.411. The Bertz CT molecular complexity index is 573. The fourth-order valence-electron chi connectivity index (χ4n) is 1.74. The normalized spacial score (nSPS) is 9.95. The minimum absolute atomic E-state index is 0.000205. The van der Waals surface area contributed by atoms with Gasteiger partial charge in [0, 0.05) is 0 Å². The third-order valence-corrected chi connectivity index (χ3v) is 2.81. The van der Waals surface area contributed by atoms with Crippen LogP contribution in [0.25, 0.3) is 0 Å². The quantitative estimate of drug-likeness (QED) is 0.676. The van der Waals surface area contributed by atoms with E-state index in [1.807, 2.05) is 24.3 Å². The molecular weight excluding hydrogens is 243 g/mol. The summed E-state index contributed by atoms with van der Waals surface area (Å²) in [5, 5.41) is 18.1. The van der Waals surface area contributed by atoms with Crippen LogP contribution in [0.4, 0.5) is 10.1 Å². The summed E-state index contributed by atoms with van der Waals surface area (Å²) >= 11 is 0. The number of aliphatic hydroxyl groups excluding tert-OH is 1. The van der Waals surface area contributed by atoms with Crippen molar-refractivity contribution in [2.75, 3.05) is 4.90 Å². The van der Waals surface area contributed by atoms with Gasteiger partial charge in [0.15, 0.2) is 6.19 Å². The highest BCUT2D eigenvalue weighted by atomic mass is 19.1. The maximum atomic E-state index is 12.8. The van der Waals surface area contributed by atoms with Crippen LogP contribution in [-0.4, -0.2) is 5.11 Å². The van der Waals surface area contributed by atoms with Gasteiger partial charge in [-0.25, -0.2) is 4.39 Å². The lowest BCUT2D eigenvalue weighted by molar-refractivity contribution is 0.282. The van der Waals surface area contributed by atoms with E-state index < -0.39 is 0 Å². The average molecular weight is 256 g/mol. The lowest BCUT2D eigenvalue weighted by atomic mass is 10.1. The number of nitrogens with zero attached hydrogens (tertiary/aromatic N) is 2. The van der Waals surface area contributed by atoms with Crippen molar-refractivity contribution in [2.24, 2.45) is 0 Å². The number of hydrogen-bond donors (Lipinski definition) is 1. The first-order chi connectivity index (χ1) is 9.22. The van der Waals surface area contributed by atoms with E-state index in [9.17, 15) is 4.39 Å². The molecule has 2 rings (SSSR count). The Hall–Kier alpha value is -2.38. The molecule has 0 atom stereocenters. The molecule has 4 heteroatoms. The number of anilines is 1. The van der Waals surface area contributed by atoms with Gasteiger partial charge in [-0.2, -0.15) is 5.26 Å². The maximum absolute atomic E-state index is 12.8. The molecule has 0 heterocycles. The van der Waals surface area contributed by atoms with E-state index in [4.69, 9.17) is 10.4 Å². The zero-order valence-electron chi connectivity index (χ0n) is 10.3. The third kappa shape index (κ3) is 3.30. The van der Waals surface area contributed by atoms with Gasteiger partial charge in [-0.15, -0.1) is 0 Å². The molecule has 0 aromatic heterocycles. The van der Waals surface area contributed by atoms with E-state index >= 15 is 0 Å². The largest absolute Gasteiger partial charge is 0.392 e. The minimum Gasteiger partial charge on any atom is -0.392 e. The molecule has 0 fully saturated rings. The fraction of sp³-hybridized carbons (Fsp3) is 0.133. The monoisotopic (exact) mass is 256 g/mol. The summed E-state index contributed by atoms with van der Waals surface area (Å²) in [4.78, 5) is 1.48. The predicted octanol–water partition coefficient (Wildman–Crippen LogP) is 2.81. The summed E-state index contributed by atoms with van der Waals surface area (Å²) in [5.41, 5.74) is 2.42. The summed E-state index contributed by atoms with van der Waals surface area (Å²) in [5.74, 6) is -0.325. The smallest absolute Gasteiger partial charge is 0.184 e. The van der Waals surface area contributed by atoms with Crippen molar-refractivity contribution in [1.82, 2.24) is 0 Å². The SMILES string of the molecule is N#CN(Cc1ccc(CO)cc1)c1ccc(F)cc1. The van der Waals surface area contributed by atoms with Gasteiger partial charge in [0.05, 0.1) is 18.8 Å². The van der Waals surface area contributed by atoms with Crippen LogP contribution in [-0.2, 0) is 13.2 Å². The molecule has 0 amide bonds. The zero-order chi connectivity index (χ0) is 13.7. The molecule has 0 aliphatic carbocycles. The van der Waals surface area contributed by atoms with Gasteiger partial charge in [-0.3, -0.25) is 4.90 Å². The molecule has 0 aliphatic heterocycles. The van der Waals surface area contributed by atoms with Crippen molar-refractivity contribution in [1.29, 1.82) is 5.26 Å². The summed E-state index contributed by atoms with van der Waals surface area (Å²) in [7, 11) is 0. The van der Waals surface area contributed by atoms with Crippen LogP contribution < -0.4 is 4.90 Å². The molecule has 2 aromatic carbocycles. The van der Waals surface area contributed by atoms with Gasteiger partial charge in [-0.1, -0.05) is 24.3 Å². The van der Waals surface area contributed by atoms with Gasteiger partial charge in [0.2, 0.25) is 0 Å². The number of halogens is 1. The van der Waals surface area contributed by atoms with Gasteiger partial charge in [0.25, 0.3) is 0 Å². The second-order valence-electron chi connectivity index (χ2n) is 4.14. The molecule has 1 N–H and O–H groups in total. The average Bonchev–Trinajstić information content (AvgIpc) is 2.46. The van der Waals surface area contributed by atoms with Crippen molar-refractivity contribution < 1.29 is 9.50 Å². The predicted molar refractivity (Wildman–Crippen MR) is 70.6 cm³/mol. The Morgan fingerprint density at radius 3 is 2.11 bits per heavy atom. The Labute approximate surface area is 111 Å². The molecule has 0 bridgehead atoms. The van der Waals surface area contributed by atoms with Crippen molar-refractivity contribution in [3.05, 3.63) is 65.5 Å². The second-order valence-corrected chi connectivity index (χ2v) is 4.14. The molecule has 3 nitrogen and oxygen atoms in total. The van der Waals surface area contributed by atoms with Crippen LogP contribution in [0.5, 0.6) is 0 Å². The van der Waals surface area contributed by atoms with Crippen molar-refractivity contribution in [2.45, 2.75) is 13.2 Å². The first-order valence-electron chi connectivity index (χ1n) is 5.84. The van der Waals surface area contributed by atoms with E-state index in [1.165, 1.54) is 17.0 Å².